The molecule has 1 saturated heterocycles. The summed E-state index contributed by atoms with van der Waals surface area (Å²) in [6.07, 6.45) is 6.33. The normalized spacial score (nSPS) is 14.5. The highest BCUT2D eigenvalue weighted by molar-refractivity contribution is 5.94. The number of aromatic nitrogens is 1. The molecule has 5 heteroatoms. The predicted octanol–water partition coefficient (Wildman–Crippen LogP) is 5.00. The summed E-state index contributed by atoms with van der Waals surface area (Å²) in [4.78, 5) is 21.5. The van der Waals surface area contributed by atoms with Gasteiger partial charge in [-0.05, 0) is 69.5 Å². The highest BCUT2D eigenvalue weighted by atomic mass is 16.2. The fourth-order valence-electron chi connectivity index (χ4n) is 3.76. The summed E-state index contributed by atoms with van der Waals surface area (Å²) in [6.45, 7) is 10.2. The number of likely N-dealkylation sites (tertiary alicyclic amines) is 1. The van der Waals surface area contributed by atoms with Crippen molar-refractivity contribution in [2.75, 3.05) is 36.4 Å². The summed E-state index contributed by atoms with van der Waals surface area (Å²) in [5, 5.41) is 3.38. The first-order valence-corrected chi connectivity index (χ1v) is 10.5. The minimum atomic E-state index is 0.0979. The van der Waals surface area contributed by atoms with Gasteiger partial charge < -0.3 is 15.1 Å². The lowest BCUT2D eigenvalue weighted by Gasteiger charge is -2.22. The number of carbonyl (C=O) groups excluding carboxylic acids is 1. The van der Waals surface area contributed by atoms with E-state index < -0.39 is 0 Å². The maximum absolute atomic E-state index is 12.7. The Morgan fingerprint density at radius 1 is 1.07 bits per heavy atom. The maximum atomic E-state index is 12.7. The third-order valence-corrected chi connectivity index (χ3v) is 5.51. The lowest BCUT2D eigenvalue weighted by Crippen LogP contribution is -2.31. The monoisotopic (exact) mass is 380 g/mol. The van der Waals surface area contributed by atoms with Crippen molar-refractivity contribution in [3.8, 4) is 0 Å². The van der Waals surface area contributed by atoms with Crippen LogP contribution >= 0.6 is 0 Å². The Morgan fingerprint density at radius 3 is 2.36 bits per heavy atom. The van der Waals surface area contributed by atoms with Gasteiger partial charge in [0.05, 0.1) is 5.56 Å². The second-order valence-electron chi connectivity index (χ2n) is 7.44. The molecule has 28 heavy (non-hydrogen) atoms. The Labute approximate surface area is 168 Å². The molecule has 1 aliphatic heterocycles. The van der Waals surface area contributed by atoms with Gasteiger partial charge in [-0.3, -0.25) is 4.79 Å². The molecule has 1 fully saturated rings. The van der Waals surface area contributed by atoms with Crippen LogP contribution < -0.4 is 10.2 Å². The van der Waals surface area contributed by atoms with Crippen LogP contribution in [0.2, 0.25) is 0 Å². The van der Waals surface area contributed by atoms with Crippen molar-refractivity contribution in [1.82, 2.24) is 9.88 Å². The fourth-order valence-corrected chi connectivity index (χ4v) is 3.76. The zero-order valence-corrected chi connectivity index (χ0v) is 17.4. The smallest absolute Gasteiger partial charge is 0.255 e. The van der Waals surface area contributed by atoms with E-state index >= 15 is 0 Å². The van der Waals surface area contributed by atoms with Crippen molar-refractivity contribution in [1.29, 1.82) is 0 Å². The molecule has 1 amide bonds. The standard InChI is InChI=1S/C23H32N4O/c1-4-26(5-2)20-11-12-21(18(3)16-20)25-22-13-10-19(17-24-22)23(28)27-14-8-6-7-9-15-27/h10-13,16-17H,4-9,14-15H2,1-3H3,(H,24,25). The molecule has 0 atom stereocenters. The molecule has 150 valence electrons. The molecule has 5 nitrogen and oxygen atoms in total. The molecule has 2 aromatic rings. The van der Waals surface area contributed by atoms with Crippen LogP contribution in [0.15, 0.2) is 36.5 Å². The summed E-state index contributed by atoms with van der Waals surface area (Å²) < 4.78 is 0. The minimum Gasteiger partial charge on any atom is -0.372 e. The van der Waals surface area contributed by atoms with Gasteiger partial charge in [-0.25, -0.2) is 4.98 Å². The summed E-state index contributed by atoms with van der Waals surface area (Å²) in [5.74, 6) is 0.854. The SMILES string of the molecule is CCN(CC)c1ccc(Nc2ccc(C(=O)N3CCCCCC3)cn2)c(C)c1. The van der Waals surface area contributed by atoms with E-state index in [0.29, 0.717) is 5.56 Å². The number of rotatable bonds is 6. The molecule has 0 radical (unpaired) electrons. The largest absolute Gasteiger partial charge is 0.372 e. The van der Waals surface area contributed by atoms with Crippen LogP contribution in [-0.2, 0) is 0 Å². The number of amides is 1. The van der Waals surface area contributed by atoms with Gasteiger partial charge >= 0.3 is 0 Å². The number of hydrogen-bond donors (Lipinski definition) is 1. The molecule has 0 unspecified atom stereocenters. The van der Waals surface area contributed by atoms with Crippen molar-refractivity contribution in [2.24, 2.45) is 0 Å². The summed E-state index contributed by atoms with van der Waals surface area (Å²) in [6, 6.07) is 10.2. The van der Waals surface area contributed by atoms with E-state index in [-0.39, 0.29) is 5.91 Å². The molecule has 2 heterocycles. The first-order valence-electron chi connectivity index (χ1n) is 10.5. The molecule has 0 aliphatic carbocycles. The van der Waals surface area contributed by atoms with E-state index in [1.54, 1.807) is 6.20 Å². The Hall–Kier alpha value is -2.56. The second-order valence-corrected chi connectivity index (χ2v) is 7.44. The first-order chi connectivity index (χ1) is 13.6. The first kappa shape index (κ1) is 20.2. The highest BCUT2D eigenvalue weighted by Gasteiger charge is 2.17. The van der Waals surface area contributed by atoms with E-state index in [2.05, 4.69) is 54.2 Å². The molecule has 0 saturated carbocycles. The molecule has 1 aliphatic rings. The molecule has 1 N–H and O–H groups in total. The van der Waals surface area contributed by atoms with Gasteiger partial charge in [0.25, 0.3) is 5.91 Å². The minimum absolute atomic E-state index is 0.0979. The number of benzene rings is 1. The van der Waals surface area contributed by atoms with Gasteiger partial charge in [-0.15, -0.1) is 0 Å². The second kappa shape index (κ2) is 9.58. The van der Waals surface area contributed by atoms with E-state index in [0.717, 1.165) is 50.5 Å². The molecule has 3 rings (SSSR count). The van der Waals surface area contributed by atoms with Crippen LogP contribution in [0.4, 0.5) is 17.2 Å². The average Bonchev–Trinajstić information content (AvgIpc) is 3.00. The Balaban J connectivity index is 1.68. The Bertz CT molecular complexity index is 776. The summed E-state index contributed by atoms with van der Waals surface area (Å²) in [7, 11) is 0. The fraction of sp³-hybridized carbons (Fsp3) is 0.478. The molecule has 1 aromatic heterocycles. The van der Waals surface area contributed by atoms with Crippen LogP contribution in [0.1, 0.15) is 55.5 Å². The van der Waals surface area contributed by atoms with Gasteiger partial charge in [0.15, 0.2) is 0 Å². The Morgan fingerprint density at radius 2 is 1.79 bits per heavy atom. The zero-order valence-electron chi connectivity index (χ0n) is 17.4. The van der Waals surface area contributed by atoms with Crippen LogP contribution in [0.5, 0.6) is 0 Å². The predicted molar refractivity (Wildman–Crippen MR) is 117 cm³/mol. The van der Waals surface area contributed by atoms with E-state index in [1.165, 1.54) is 24.1 Å². The number of aryl methyl sites for hydroxylation is 1. The third kappa shape index (κ3) is 4.83. The van der Waals surface area contributed by atoms with Gasteiger partial charge in [0.1, 0.15) is 5.82 Å². The van der Waals surface area contributed by atoms with Crippen LogP contribution in [0, 0.1) is 6.92 Å². The third-order valence-electron chi connectivity index (χ3n) is 5.51. The van der Waals surface area contributed by atoms with Gasteiger partial charge in [-0.1, -0.05) is 12.8 Å². The van der Waals surface area contributed by atoms with Crippen molar-refractivity contribution in [3.05, 3.63) is 47.7 Å². The van der Waals surface area contributed by atoms with E-state index in [9.17, 15) is 4.79 Å². The van der Waals surface area contributed by atoms with Crippen molar-refractivity contribution in [3.63, 3.8) is 0 Å². The lowest BCUT2D eigenvalue weighted by atomic mass is 10.1. The van der Waals surface area contributed by atoms with Crippen molar-refractivity contribution in [2.45, 2.75) is 46.5 Å². The topological polar surface area (TPSA) is 48.5 Å². The lowest BCUT2D eigenvalue weighted by molar-refractivity contribution is 0.0761. The van der Waals surface area contributed by atoms with Crippen LogP contribution in [0.3, 0.4) is 0 Å². The Kier molecular flexibility index (Phi) is 6.90. The zero-order chi connectivity index (χ0) is 19.9. The average molecular weight is 381 g/mol. The number of hydrogen-bond acceptors (Lipinski definition) is 4. The van der Waals surface area contributed by atoms with Gasteiger partial charge in [0.2, 0.25) is 0 Å². The summed E-state index contributed by atoms with van der Waals surface area (Å²) >= 11 is 0. The van der Waals surface area contributed by atoms with Crippen LogP contribution in [-0.4, -0.2) is 42.0 Å². The quantitative estimate of drug-likeness (QED) is 0.766. The van der Waals surface area contributed by atoms with E-state index in [4.69, 9.17) is 0 Å². The molecule has 0 spiro atoms. The van der Waals surface area contributed by atoms with Gasteiger partial charge in [-0.2, -0.15) is 0 Å². The van der Waals surface area contributed by atoms with Crippen molar-refractivity contribution < 1.29 is 4.79 Å². The molecular weight excluding hydrogens is 348 g/mol. The number of anilines is 3. The molecular formula is C23H32N4O. The number of nitrogens with one attached hydrogen (secondary N) is 1. The molecule has 0 bridgehead atoms. The summed E-state index contributed by atoms with van der Waals surface area (Å²) in [5.41, 5.74) is 4.12. The number of carbonyl (C=O) groups is 1. The highest BCUT2D eigenvalue weighted by Crippen LogP contribution is 2.25. The van der Waals surface area contributed by atoms with E-state index in [1.807, 2.05) is 17.0 Å². The number of pyridine rings is 1. The van der Waals surface area contributed by atoms with Gasteiger partial charge in [0, 0.05) is 43.8 Å². The number of nitrogens with zero attached hydrogens (tertiary/aromatic N) is 3. The van der Waals surface area contributed by atoms with Crippen molar-refractivity contribution >= 4 is 23.1 Å². The maximum Gasteiger partial charge on any atom is 0.255 e. The molecule has 1 aromatic carbocycles. The van der Waals surface area contributed by atoms with Crippen LogP contribution in [0.25, 0.3) is 0 Å².